The second-order valence-corrected chi connectivity index (χ2v) is 12.9. The van der Waals surface area contributed by atoms with Crippen LogP contribution < -0.4 is 15.5 Å². The third-order valence-corrected chi connectivity index (χ3v) is 8.24. The molecule has 2 aromatic carbocycles. The fraction of sp³-hybridized carbons (Fsp3) is 0.344. The topological polar surface area (TPSA) is 134 Å². The number of fused-ring (bicyclic) bond motifs is 2. The first-order valence-corrected chi connectivity index (χ1v) is 15.4. The SMILES string of the molecule is CC(CC(=O)Nc1cccc(-c2cc3nc(-c4cccc5[nH]ncc45)nc(N4CCOCC4)c3s2)c1)NC(=O)OC(C)(C)C. The van der Waals surface area contributed by atoms with Crippen molar-refractivity contribution >= 4 is 56.0 Å². The molecule has 1 saturated heterocycles. The van der Waals surface area contributed by atoms with Crippen LogP contribution in [0.15, 0.2) is 54.7 Å². The number of H-pyrrole nitrogens is 1. The Morgan fingerprint density at radius 2 is 1.91 bits per heavy atom. The van der Waals surface area contributed by atoms with E-state index in [1.165, 1.54) is 0 Å². The van der Waals surface area contributed by atoms with Crippen LogP contribution in [-0.4, -0.2) is 70.1 Å². The number of carbonyl (C=O) groups excluding carboxylic acids is 2. The van der Waals surface area contributed by atoms with Gasteiger partial charge in [0.2, 0.25) is 5.91 Å². The summed E-state index contributed by atoms with van der Waals surface area (Å²) in [5.41, 5.74) is 3.72. The Labute approximate surface area is 259 Å². The predicted molar refractivity (Wildman–Crippen MR) is 173 cm³/mol. The fourth-order valence-electron chi connectivity index (χ4n) is 5.13. The molecule has 3 N–H and O–H groups in total. The van der Waals surface area contributed by atoms with Crippen LogP contribution in [0, 0.1) is 0 Å². The zero-order valence-corrected chi connectivity index (χ0v) is 26.0. The van der Waals surface area contributed by atoms with E-state index in [0.717, 1.165) is 56.0 Å². The van der Waals surface area contributed by atoms with Gasteiger partial charge >= 0.3 is 6.09 Å². The second kappa shape index (κ2) is 12.2. The number of alkyl carbamates (subject to hydrolysis) is 1. The minimum Gasteiger partial charge on any atom is -0.444 e. The van der Waals surface area contributed by atoms with Crippen LogP contribution in [0.5, 0.6) is 0 Å². The van der Waals surface area contributed by atoms with E-state index < -0.39 is 17.7 Å². The highest BCUT2D eigenvalue weighted by Gasteiger charge is 2.22. The van der Waals surface area contributed by atoms with Crippen LogP contribution in [-0.2, 0) is 14.3 Å². The Morgan fingerprint density at radius 3 is 2.70 bits per heavy atom. The zero-order chi connectivity index (χ0) is 30.8. The molecule has 2 amide bonds. The Kier molecular flexibility index (Phi) is 8.19. The Bertz CT molecular complexity index is 1820. The lowest BCUT2D eigenvalue weighted by molar-refractivity contribution is -0.116. The van der Waals surface area contributed by atoms with Gasteiger partial charge in [0.25, 0.3) is 0 Å². The summed E-state index contributed by atoms with van der Waals surface area (Å²) in [6.45, 7) is 9.94. The van der Waals surface area contributed by atoms with E-state index in [1.54, 1.807) is 45.2 Å². The van der Waals surface area contributed by atoms with Crippen molar-refractivity contribution in [1.82, 2.24) is 25.5 Å². The van der Waals surface area contributed by atoms with Crippen molar-refractivity contribution < 1.29 is 19.1 Å². The van der Waals surface area contributed by atoms with Crippen molar-refractivity contribution in [2.45, 2.75) is 45.8 Å². The van der Waals surface area contributed by atoms with Gasteiger partial charge in [0.1, 0.15) is 5.60 Å². The lowest BCUT2D eigenvalue weighted by Gasteiger charge is -2.28. The molecule has 11 nitrogen and oxygen atoms in total. The summed E-state index contributed by atoms with van der Waals surface area (Å²) >= 11 is 1.63. The molecule has 3 aromatic heterocycles. The summed E-state index contributed by atoms with van der Waals surface area (Å²) < 4.78 is 11.9. The first-order valence-electron chi connectivity index (χ1n) is 14.6. The number of aromatic nitrogens is 4. The highest BCUT2D eigenvalue weighted by atomic mass is 32.1. The van der Waals surface area contributed by atoms with Crippen molar-refractivity contribution in [3.8, 4) is 21.8 Å². The van der Waals surface area contributed by atoms with E-state index in [-0.39, 0.29) is 12.3 Å². The number of thiophene rings is 1. The molecule has 0 spiro atoms. The van der Waals surface area contributed by atoms with Gasteiger partial charge in [-0.15, -0.1) is 11.3 Å². The highest BCUT2D eigenvalue weighted by Crippen LogP contribution is 2.40. The normalized spacial score (nSPS) is 14.5. The summed E-state index contributed by atoms with van der Waals surface area (Å²) in [4.78, 5) is 38.2. The molecule has 0 saturated carbocycles. The number of nitrogens with one attached hydrogen (secondary N) is 3. The molecule has 1 fully saturated rings. The molecule has 44 heavy (non-hydrogen) atoms. The van der Waals surface area contributed by atoms with Gasteiger partial charge in [0.05, 0.1) is 35.1 Å². The van der Waals surface area contributed by atoms with Crippen LogP contribution in [0.1, 0.15) is 34.1 Å². The van der Waals surface area contributed by atoms with Gasteiger partial charge in [-0.2, -0.15) is 5.10 Å². The third kappa shape index (κ3) is 6.66. The predicted octanol–water partition coefficient (Wildman–Crippen LogP) is 5.98. The molecule has 1 unspecified atom stereocenters. The maximum Gasteiger partial charge on any atom is 0.407 e. The fourth-order valence-corrected chi connectivity index (χ4v) is 6.24. The molecular weight excluding hydrogens is 578 g/mol. The van der Waals surface area contributed by atoms with Crippen LogP contribution in [0.25, 0.3) is 42.9 Å². The van der Waals surface area contributed by atoms with Gasteiger partial charge in [0.15, 0.2) is 11.6 Å². The number of nitrogens with zero attached hydrogens (tertiary/aromatic N) is 4. The first-order chi connectivity index (χ1) is 21.1. The minimum atomic E-state index is -0.608. The second-order valence-electron chi connectivity index (χ2n) is 11.8. The van der Waals surface area contributed by atoms with Crippen LogP contribution in [0.3, 0.4) is 0 Å². The van der Waals surface area contributed by atoms with E-state index in [4.69, 9.17) is 19.4 Å². The Morgan fingerprint density at radius 1 is 1.11 bits per heavy atom. The smallest absolute Gasteiger partial charge is 0.407 e. The number of hydrogen-bond donors (Lipinski definition) is 3. The van der Waals surface area contributed by atoms with Gasteiger partial charge < -0.3 is 25.0 Å². The van der Waals surface area contributed by atoms with Gasteiger partial charge in [-0.25, -0.2) is 14.8 Å². The maximum atomic E-state index is 12.8. The maximum absolute atomic E-state index is 12.8. The van der Waals surface area contributed by atoms with Gasteiger partial charge in [-0.05, 0) is 57.5 Å². The molecule has 1 atom stereocenters. The van der Waals surface area contributed by atoms with E-state index in [2.05, 4.69) is 31.8 Å². The zero-order valence-electron chi connectivity index (χ0n) is 25.1. The summed E-state index contributed by atoms with van der Waals surface area (Å²) in [5.74, 6) is 1.33. The summed E-state index contributed by atoms with van der Waals surface area (Å²) in [6.07, 6.45) is 1.37. The van der Waals surface area contributed by atoms with Gasteiger partial charge in [-0.3, -0.25) is 9.89 Å². The summed E-state index contributed by atoms with van der Waals surface area (Å²) in [6, 6.07) is 15.4. The van der Waals surface area contributed by atoms with Crippen LogP contribution in [0.4, 0.5) is 16.3 Å². The van der Waals surface area contributed by atoms with E-state index in [9.17, 15) is 9.59 Å². The minimum absolute atomic E-state index is 0.108. The quantitative estimate of drug-likeness (QED) is 0.204. The lowest BCUT2D eigenvalue weighted by atomic mass is 10.1. The Hall–Kier alpha value is -4.55. The molecule has 228 valence electrons. The van der Waals surface area contributed by atoms with Crippen molar-refractivity contribution in [2.75, 3.05) is 36.5 Å². The van der Waals surface area contributed by atoms with E-state index in [0.29, 0.717) is 24.7 Å². The van der Waals surface area contributed by atoms with E-state index in [1.807, 2.05) is 42.5 Å². The largest absolute Gasteiger partial charge is 0.444 e. The molecule has 0 aliphatic carbocycles. The highest BCUT2D eigenvalue weighted by molar-refractivity contribution is 7.22. The van der Waals surface area contributed by atoms with Crippen molar-refractivity contribution in [3.05, 3.63) is 54.7 Å². The number of anilines is 2. The molecule has 5 aromatic rings. The summed E-state index contributed by atoms with van der Waals surface area (Å²) in [7, 11) is 0. The van der Waals surface area contributed by atoms with E-state index >= 15 is 0 Å². The Balaban J connectivity index is 1.27. The van der Waals surface area contributed by atoms with Crippen LogP contribution in [0.2, 0.25) is 0 Å². The molecule has 0 bridgehead atoms. The number of amides is 2. The average Bonchev–Trinajstić information content (AvgIpc) is 3.63. The third-order valence-electron chi connectivity index (χ3n) is 7.08. The van der Waals surface area contributed by atoms with Crippen LogP contribution >= 0.6 is 11.3 Å². The number of hydrogen-bond acceptors (Lipinski definition) is 9. The average molecular weight is 614 g/mol. The molecule has 1 aliphatic rings. The van der Waals surface area contributed by atoms with Crippen molar-refractivity contribution in [2.24, 2.45) is 0 Å². The number of rotatable bonds is 7. The van der Waals surface area contributed by atoms with Crippen molar-refractivity contribution in [1.29, 1.82) is 0 Å². The number of aromatic amines is 1. The number of morpholine rings is 1. The molecule has 0 radical (unpaired) electrons. The molecule has 4 heterocycles. The van der Waals surface area contributed by atoms with Gasteiger partial charge in [0, 0.05) is 47.1 Å². The molecule has 12 heteroatoms. The number of carbonyl (C=O) groups is 2. The molecule has 1 aliphatic heterocycles. The molecule has 6 rings (SSSR count). The number of ether oxygens (including phenoxy) is 2. The first kappa shape index (κ1) is 29.5. The van der Waals surface area contributed by atoms with Crippen molar-refractivity contribution in [3.63, 3.8) is 0 Å². The standard InChI is InChI=1S/C32H35N7O4S/c1-19(34-31(41)43-32(2,3)4)15-27(40)35-21-8-5-7-20(16-21)26-17-25-28(44-26)30(39-11-13-42-14-12-39)37-29(36-25)22-9-6-10-24-23(22)18-33-38-24/h5-10,16-19H,11-15H2,1-4H3,(H,33,38)(H,34,41)(H,35,40). The monoisotopic (exact) mass is 613 g/mol. The molecular formula is C32H35N7O4S. The summed E-state index contributed by atoms with van der Waals surface area (Å²) in [5, 5.41) is 13.9. The lowest BCUT2D eigenvalue weighted by Crippen LogP contribution is -2.39. The van der Waals surface area contributed by atoms with Gasteiger partial charge in [-0.1, -0.05) is 24.3 Å². The number of benzene rings is 2.